The van der Waals surface area contributed by atoms with Crippen LogP contribution in [0.4, 0.5) is 8.78 Å². The second-order valence-electron chi connectivity index (χ2n) is 7.14. The van der Waals surface area contributed by atoms with Crippen molar-refractivity contribution >= 4 is 5.91 Å². The van der Waals surface area contributed by atoms with Crippen molar-refractivity contribution in [1.82, 2.24) is 19.7 Å². The largest absolute Gasteiger partial charge is 0.487 e. The van der Waals surface area contributed by atoms with Crippen LogP contribution in [-0.4, -0.2) is 44.8 Å². The zero-order chi connectivity index (χ0) is 21.1. The summed E-state index contributed by atoms with van der Waals surface area (Å²) in [6, 6.07) is 8.82. The third-order valence-electron chi connectivity index (χ3n) is 5.22. The minimum Gasteiger partial charge on any atom is -0.487 e. The van der Waals surface area contributed by atoms with Crippen molar-refractivity contribution in [3.63, 3.8) is 0 Å². The molecule has 0 atom stereocenters. The van der Waals surface area contributed by atoms with Gasteiger partial charge in [-0.05, 0) is 30.7 Å². The van der Waals surface area contributed by atoms with Crippen LogP contribution in [0.2, 0.25) is 0 Å². The average molecular weight is 412 g/mol. The third-order valence-corrected chi connectivity index (χ3v) is 5.22. The number of carbonyl (C=O) groups is 1. The Hall–Kier alpha value is -3.29. The van der Waals surface area contributed by atoms with Crippen LogP contribution in [0.25, 0.3) is 5.82 Å². The standard InChI is InChI=1S/C22H22F2N4O2/c1-2-19-17(14-26-28(19)21-5-3-4-10-25-21)22(29)27-11-8-16(9-12-27)30-20-7-6-15(23)13-18(20)24/h3-7,10,13-14,16H,2,8-9,11-12H2,1H3. The number of halogens is 2. The number of amides is 1. The smallest absolute Gasteiger partial charge is 0.257 e. The van der Waals surface area contributed by atoms with E-state index >= 15 is 0 Å². The van der Waals surface area contributed by atoms with Crippen LogP contribution in [0.5, 0.6) is 5.75 Å². The van der Waals surface area contributed by atoms with E-state index in [1.807, 2.05) is 25.1 Å². The van der Waals surface area contributed by atoms with Crippen molar-refractivity contribution in [3.8, 4) is 11.6 Å². The maximum absolute atomic E-state index is 13.8. The number of piperidine rings is 1. The molecule has 0 N–H and O–H groups in total. The molecule has 0 spiro atoms. The molecule has 1 amide bonds. The first-order valence-electron chi connectivity index (χ1n) is 9.96. The molecule has 0 unspecified atom stereocenters. The van der Waals surface area contributed by atoms with Crippen LogP contribution in [0.15, 0.2) is 48.8 Å². The average Bonchev–Trinajstić information content (AvgIpc) is 3.20. The van der Waals surface area contributed by atoms with Gasteiger partial charge in [0.25, 0.3) is 5.91 Å². The second-order valence-corrected chi connectivity index (χ2v) is 7.14. The maximum Gasteiger partial charge on any atom is 0.257 e. The van der Waals surface area contributed by atoms with Gasteiger partial charge >= 0.3 is 0 Å². The van der Waals surface area contributed by atoms with Crippen molar-refractivity contribution in [3.05, 3.63) is 71.7 Å². The predicted molar refractivity (Wildman–Crippen MR) is 107 cm³/mol. The van der Waals surface area contributed by atoms with Crippen molar-refractivity contribution in [2.24, 2.45) is 0 Å². The summed E-state index contributed by atoms with van der Waals surface area (Å²) in [5, 5.41) is 4.37. The van der Waals surface area contributed by atoms with Crippen LogP contribution < -0.4 is 4.74 Å². The summed E-state index contributed by atoms with van der Waals surface area (Å²) in [6.45, 7) is 2.96. The normalized spacial score (nSPS) is 14.7. The van der Waals surface area contributed by atoms with Gasteiger partial charge in [-0.2, -0.15) is 5.10 Å². The highest BCUT2D eigenvalue weighted by Crippen LogP contribution is 2.24. The first kappa shape index (κ1) is 20.0. The van der Waals surface area contributed by atoms with E-state index in [-0.39, 0.29) is 17.8 Å². The predicted octanol–water partition coefficient (Wildman–Crippen LogP) is 3.79. The second kappa shape index (κ2) is 8.61. The number of nitrogens with zero attached hydrogens (tertiary/aromatic N) is 4. The van der Waals surface area contributed by atoms with Gasteiger partial charge in [0.15, 0.2) is 17.4 Å². The monoisotopic (exact) mass is 412 g/mol. The summed E-state index contributed by atoms with van der Waals surface area (Å²) >= 11 is 0. The Bertz CT molecular complexity index is 1030. The van der Waals surface area contributed by atoms with E-state index < -0.39 is 11.6 Å². The van der Waals surface area contributed by atoms with Gasteiger partial charge in [0.1, 0.15) is 11.9 Å². The molecule has 0 radical (unpaired) electrons. The summed E-state index contributed by atoms with van der Waals surface area (Å²) in [5.41, 5.74) is 1.37. The van der Waals surface area contributed by atoms with E-state index in [2.05, 4.69) is 10.1 Å². The fraction of sp³-hybridized carbons (Fsp3) is 0.318. The molecule has 30 heavy (non-hydrogen) atoms. The quantitative estimate of drug-likeness (QED) is 0.640. The lowest BCUT2D eigenvalue weighted by atomic mass is 10.1. The fourth-order valence-electron chi connectivity index (χ4n) is 3.67. The SMILES string of the molecule is CCc1c(C(=O)N2CCC(Oc3ccc(F)cc3F)CC2)cnn1-c1ccccn1. The number of benzene rings is 1. The van der Waals surface area contributed by atoms with Gasteiger partial charge in [0.2, 0.25) is 0 Å². The van der Waals surface area contributed by atoms with Crippen LogP contribution in [-0.2, 0) is 6.42 Å². The maximum atomic E-state index is 13.8. The molecular formula is C22H22F2N4O2. The lowest BCUT2D eigenvalue weighted by molar-refractivity contribution is 0.0587. The lowest BCUT2D eigenvalue weighted by Crippen LogP contribution is -2.42. The number of aromatic nitrogens is 3. The molecule has 0 aliphatic carbocycles. The van der Waals surface area contributed by atoms with Crippen LogP contribution in [0.1, 0.15) is 35.8 Å². The molecule has 156 valence electrons. The number of hydrogen-bond acceptors (Lipinski definition) is 4. The lowest BCUT2D eigenvalue weighted by Gasteiger charge is -2.32. The molecular weight excluding hydrogens is 390 g/mol. The molecule has 1 aromatic carbocycles. The van der Waals surface area contributed by atoms with E-state index in [1.54, 1.807) is 22.0 Å². The summed E-state index contributed by atoms with van der Waals surface area (Å²) in [6.07, 6.45) is 4.83. The highest BCUT2D eigenvalue weighted by molar-refractivity contribution is 5.95. The zero-order valence-electron chi connectivity index (χ0n) is 16.6. The van der Waals surface area contributed by atoms with Crippen LogP contribution in [0, 0.1) is 11.6 Å². The molecule has 1 fully saturated rings. The highest BCUT2D eigenvalue weighted by atomic mass is 19.1. The number of ether oxygens (including phenoxy) is 1. The zero-order valence-corrected chi connectivity index (χ0v) is 16.6. The van der Waals surface area contributed by atoms with Gasteiger partial charge < -0.3 is 9.64 Å². The van der Waals surface area contributed by atoms with Gasteiger partial charge in [-0.25, -0.2) is 18.4 Å². The van der Waals surface area contributed by atoms with E-state index in [1.165, 1.54) is 12.1 Å². The molecule has 8 heteroatoms. The number of rotatable bonds is 5. The molecule has 1 aliphatic rings. The third kappa shape index (κ3) is 4.03. The molecule has 2 aromatic heterocycles. The molecule has 0 saturated carbocycles. The number of hydrogen-bond donors (Lipinski definition) is 0. The number of carbonyl (C=O) groups excluding carboxylic acids is 1. The Morgan fingerprint density at radius 3 is 2.67 bits per heavy atom. The van der Waals surface area contributed by atoms with Crippen molar-refractivity contribution in [2.75, 3.05) is 13.1 Å². The molecule has 1 aliphatic heterocycles. The minimum atomic E-state index is -0.719. The van der Waals surface area contributed by atoms with Crippen molar-refractivity contribution in [1.29, 1.82) is 0 Å². The first-order valence-corrected chi connectivity index (χ1v) is 9.96. The molecule has 4 rings (SSSR count). The van der Waals surface area contributed by atoms with E-state index in [9.17, 15) is 13.6 Å². The van der Waals surface area contributed by atoms with E-state index in [4.69, 9.17) is 4.74 Å². The van der Waals surface area contributed by atoms with Crippen molar-refractivity contribution < 1.29 is 18.3 Å². The summed E-state index contributed by atoms with van der Waals surface area (Å²) < 4.78 is 34.2. The van der Waals surface area contributed by atoms with Gasteiger partial charge in [-0.1, -0.05) is 13.0 Å². The Morgan fingerprint density at radius 1 is 1.20 bits per heavy atom. The van der Waals surface area contributed by atoms with Gasteiger partial charge in [-0.15, -0.1) is 0 Å². The van der Waals surface area contributed by atoms with E-state index in [0.717, 1.165) is 11.8 Å². The highest BCUT2D eigenvalue weighted by Gasteiger charge is 2.28. The Labute approximate surface area is 173 Å². The summed E-state index contributed by atoms with van der Waals surface area (Å²) in [4.78, 5) is 19.2. The fourth-order valence-corrected chi connectivity index (χ4v) is 3.67. The minimum absolute atomic E-state index is 0.0334. The van der Waals surface area contributed by atoms with Crippen molar-refractivity contribution in [2.45, 2.75) is 32.3 Å². The van der Waals surface area contributed by atoms with Gasteiger partial charge in [-0.3, -0.25) is 4.79 Å². The van der Waals surface area contributed by atoms with E-state index in [0.29, 0.717) is 43.7 Å². The summed E-state index contributed by atoms with van der Waals surface area (Å²) in [7, 11) is 0. The Balaban J connectivity index is 1.43. The molecule has 3 aromatic rings. The number of likely N-dealkylation sites (tertiary alicyclic amines) is 1. The molecule has 6 nitrogen and oxygen atoms in total. The Kier molecular flexibility index (Phi) is 5.74. The first-order chi connectivity index (χ1) is 14.6. The molecule has 1 saturated heterocycles. The van der Waals surface area contributed by atoms with Gasteiger partial charge in [0.05, 0.1) is 17.5 Å². The van der Waals surface area contributed by atoms with Gasteiger partial charge in [0, 0.05) is 38.2 Å². The molecule has 0 bridgehead atoms. The van der Waals surface area contributed by atoms with Crippen LogP contribution >= 0.6 is 0 Å². The van der Waals surface area contributed by atoms with Crippen LogP contribution in [0.3, 0.4) is 0 Å². The molecule has 3 heterocycles. The topological polar surface area (TPSA) is 60.3 Å². The Morgan fingerprint density at radius 2 is 2.00 bits per heavy atom. The number of pyridine rings is 1. The summed E-state index contributed by atoms with van der Waals surface area (Å²) in [5.74, 6) is -0.741.